The van der Waals surface area contributed by atoms with Crippen molar-refractivity contribution in [1.82, 2.24) is 5.48 Å². The van der Waals surface area contributed by atoms with Crippen molar-refractivity contribution in [3.8, 4) is 0 Å². The Kier molecular flexibility index (Phi) is 4.90. The van der Waals surface area contributed by atoms with E-state index in [1.54, 1.807) is 0 Å². The van der Waals surface area contributed by atoms with Gasteiger partial charge in [-0.15, -0.1) is 0 Å². The highest BCUT2D eigenvalue weighted by molar-refractivity contribution is 5.13. The highest BCUT2D eigenvalue weighted by atomic mass is 16.7. The molecule has 0 spiro atoms. The van der Waals surface area contributed by atoms with Gasteiger partial charge in [-0.1, -0.05) is 30.3 Å². The maximum absolute atomic E-state index is 9.38. The Morgan fingerprint density at radius 3 is 2.74 bits per heavy atom. The summed E-state index contributed by atoms with van der Waals surface area (Å²) in [4.78, 5) is 5.41. The Balaban J connectivity index is 1.77. The largest absolute Gasteiger partial charge is 0.395 e. The molecule has 1 heterocycles. The summed E-state index contributed by atoms with van der Waals surface area (Å²) in [7, 11) is 0. The van der Waals surface area contributed by atoms with Gasteiger partial charge in [0.1, 0.15) is 6.10 Å². The van der Waals surface area contributed by atoms with Crippen molar-refractivity contribution in [2.24, 2.45) is 0 Å². The minimum Gasteiger partial charge on any atom is -0.395 e. The molecule has 0 unspecified atom stereocenters. The molecule has 1 fully saturated rings. The van der Waals surface area contributed by atoms with Gasteiger partial charge in [-0.3, -0.25) is 4.84 Å². The predicted molar refractivity (Wildman–Crippen MR) is 70.1 cm³/mol. The summed E-state index contributed by atoms with van der Waals surface area (Å²) in [5, 5.41) is 9.38. The topological polar surface area (TPSA) is 60.0 Å². The number of nitrogens with one attached hydrogen (secondary N) is 1. The van der Waals surface area contributed by atoms with Crippen molar-refractivity contribution in [2.45, 2.75) is 38.4 Å². The molecule has 0 saturated carbocycles. The van der Waals surface area contributed by atoms with Gasteiger partial charge in [0.15, 0.2) is 5.79 Å². The van der Waals surface area contributed by atoms with Gasteiger partial charge < -0.3 is 14.6 Å². The molecule has 0 amide bonds. The summed E-state index contributed by atoms with van der Waals surface area (Å²) in [6, 6.07) is 9.53. The molecule has 1 aliphatic rings. The average Bonchev–Trinajstić information content (AvgIpc) is 2.76. The molecule has 1 saturated heterocycles. The highest BCUT2D eigenvalue weighted by Crippen LogP contribution is 2.24. The fraction of sp³-hybridized carbons (Fsp3) is 0.571. The second-order valence-corrected chi connectivity index (χ2v) is 5.05. The molecular weight excluding hydrogens is 246 g/mol. The van der Waals surface area contributed by atoms with E-state index < -0.39 is 5.79 Å². The first-order chi connectivity index (χ1) is 9.11. The number of benzene rings is 1. The van der Waals surface area contributed by atoms with Crippen LogP contribution in [0.3, 0.4) is 0 Å². The van der Waals surface area contributed by atoms with Crippen molar-refractivity contribution in [3.05, 3.63) is 35.9 Å². The first-order valence-electron chi connectivity index (χ1n) is 6.44. The van der Waals surface area contributed by atoms with E-state index in [9.17, 15) is 5.11 Å². The van der Waals surface area contributed by atoms with Gasteiger partial charge in [-0.2, -0.15) is 5.48 Å². The van der Waals surface area contributed by atoms with Crippen LogP contribution in [0.2, 0.25) is 0 Å². The van der Waals surface area contributed by atoms with Crippen molar-refractivity contribution >= 4 is 0 Å². The minimum absolute atomic E-state index is 0.0705. The van der Waals surface area contributed by atoms with E-state index in [-0.39, 0.29) is 18.8 Å². The Labute approximate surface area is 113 Å². The maximum atomic E-state index is 9.38. The van der Waals surface area contributed by atoms with Gasteiger partial charge in [-0.05, 0) is 19.4 Å². The molecular formula is C14H21NO4. The molecule has 0 aromatic heterocycles. The van der Waals surface area contributed by atoms with Gasteiger partial charge in [-0.25, -0.2) is 0 Å². The smallest absolute Gasteiger partial charge is 0.163 e. The lowest BCUT2D eigenvalue weighted by molar-refractivity contribution is -0.150. The van der Waals surface area contributed by atoms with E-state index in [1.165, 1.54) is 0 Å². The summed E-state index contributed by atoms with van der Waals surface area (Å²) in [5.41, 5.74) is 3.91. The van der Waals surface area contributed by atoms with Gasteiger partial charge >= 0.3 is 0 Å². The molecule has 1 aliphatic heterocycles. The molecule has 106 valence electrons. The second kappa shape index (κ2) is 6.45. The Morgan fingerprint density at radius 2 is 2.16 bits per heavy atom. The first-order valence-corrected chi connectivity index (χ1v) is 6.44. The molecule has 1 aromatic carbocycles. The fourth-order valence-corrected chi connectivity index (χ4v) is 1.95. The summed E-state index contributed by atoms with van der Waals surface area (Å²) < 4.78 is 11.2. The molecule has 0 aliphatic carbocycles. The summed E-state index contributed by atoms with van der Waals surface area (Å²) in [6.45, 7) is 4.52. The summed E-state index contributed by atoms with van der Waals surface area (Å²) >= 11 is 0. The van der Waals surface area contributed by atoms with Crippen molar-refractivity contribution < 1.29 is 19.4 Å². The number of ether oxygens (including phenoxy) is 2. The summed E-state index contributed by atoms with van der Waals surface area (Å²) in [6.07, 6.45) is -0.212. The van der Waals surface area contributed by atoms with Crippen molar-refractivity contribution in [3.63, 3.8) is 0 Å². The lowest BCUT2D eigenvalue weighted by Crippen LogP contribution is -2.44. The molecule has 5 heteroatoms. The van der Waals surface area contributed by atoms with Crippen LogP contribution in [0.25, 0.3) is 0 Å². The van der Waals surface area contributed by atoms with E-state index in [0.717, 1.165) is 5.56 Å². The molecule has 0 radical (unpaired) electrons. The van der Waals surface area contributed by atoms with Gasteiger partial charge in [0.05, 0.1) is 25.9 Å². The number of aliphatic hydroxyl groups excluding tert-OH is 1. The number of aliphatic hydroxyl groups is 1. The molecule has 1 aromatic rings. The standard InChI is InChI=1S/C14H21NO4/c1-14(2)17-10-13(19-14)12(8-16)15-18-9-11-6-4-3-5-7-11/h3-7,12-13,15-16H,8-10H2,1-2H3/t12-,13+/m0/s1. The van der Waals surface area contributed by atoms with Gasteiger partial charge in [0.2, 0.25) is 0 Å². The van der Waals surface area contributed by atoms with Crippen molar-refractivity contribution in [2.75, 3.05) is 13.2 Å². The van der Waals surface area contributed by atoms with E-state index in [4.69, 9.17) is 14.3 Å². The average molecular weight is 267 g/mol. The van der Waals surface area contributed by atoms with E-state index in [0.29, 0.717) is 13.2 Å². The SMILES string of the molecule is CC1(C)OC[C@H]([C@H](CO)NOCc2ccccc2)O1. The molecule has 2 rings (SSSR count). The Bertz CT molecular complexity index is 382. The van der Waals surface area contributed by atoms with Crippen LogP contribution in [0, 0.1) is 0 Å². The number of hydroxylamine groups is 1. The third-order valence-electron chi connectivity index (χ3n) is 2.99. The van der Waals surface area contributed by atoms with Crippen LogP contribution in [0.1, 0.15) is 19.4 Å². The highest BCUT2D eigenvalue weighted by Gasteiger charge is 2.37. The van der Waals surface area contributed by atoms with E-state index in [1.807, 2.05) is 44.2 Å². The minimum atomic E-state index is -0.598. The lowest BCUT2D eigenvalue weighted by atomic mass is 10.2. The predicted octanol–water partition coefficient (Wildman–Crippen LogP) is 1.22. The fourth-order valence-electron chi connectivity index (χ4n) is 1.95. The Hall–Kier alpha value is -0.980. The van der Waals surface area contributed by atoms with E-state index in [2.05, 4.69) is 5.48 Å². The maximum Gasteiger partial charge on any atom is 0.163 e. The van der Waals surface area contributed by atoms with Crippen LogP contribution >= 0.6 is 0 Å². The molecule has 2 atom stereocenters. The lowest BCUT2D eigenvalue weighted by Gasteiger charge is -2.23. The van der Waals surface area contributed by atoms with Gasteiger partial charge in [0, 0.05) is 0 Å². The first kappa shape index (κ1) is 14.4. The number of rotatable bonds is 6. The zero-order chi connectivity index (χ0) is 13.7. The molecule has 5 nitrogen and oxygen atoms in total. The van der Waals surface area contributed by atoms with Crippen LogP contribution < -0.4 is 5.48 Å². The molecule has 0 bridgehead atoms. The molecule has 2 N–H and O–H groups in total. The van der Waals surface area contributed by atoms with Crippen molar-refractivity contribution in [1.29, 1.82) is 0 Å². The van der Waals surface area contributed by atoms with Crippen LogP contribution in [0.15, 0.2) is 30.3 Å². The Morgan fingerprint density at radius 1 is 1.42 bits per heavy atom. The monoisotopic (exact) mass is 267 g/mol. The van der Waals surface area contributed by atoms with E-state index >= 15 is 0 Å². The van der Waals surface area contributed by atoms with Crippen LogP contribution in [-0.2, 0) is 20.9 Å². The van der Waals surface area contributed by atoms with Crippen LogP contribution in [0.5, 0.6) is 0 Å². The van der Waals surface area contributed by atoms with Crippen LogP contribution in [0.4, 0.5) is 0 Å². The number of hydrogen-bond acceptors (Lipinski definition) is 5. The normalized spacial score (nSPS) is 23.4. The quantitative estimate of drug-likeness (QED) is 0.759. The zero-order valence-electron chi connectivity index (χ0n) is 11.3. The molecule has 19 heavy (non-hydrogen) atoms. The zero-order valence-corrected chi connectivity index (χ0v) is 11.3. The summed E-state index contributed by atoms with van der Waals surface area (Å²) in [5.74, 6) is -0.598. The third-order valence-corrected chi connectivity index (χ3v) is 2.99. The second-order valence-electron chi connectivity index (χ2n) is 5.05. The van der Waals surface area contributed by atoms with Gasteiger partial charge in [0.25, 0.3) is 0 Å². The third kappa shape index (κ3) is 4.26. The number of hydrogen-bond donors (Lipinski definition) is 2. The van der Waals surface area contributed by atoms with Crippen LogP contribution in [-0.4, -0.2) is 36.3 Å².